The molecule has 11 rings (SSSR count). The molecule has 4 aliphatic rings. The average molecular weight is 1040 g/mol. The van der Waals surface area contributed by atoms with Crippen LogP contribution in [-0.4, -0.2) is 47.3 Å². The van der Waals surface area contributed by atoms with Gasteiger partial charge in [0.15, 0.2) is 15.1 Å². The quantitative estimate of drug-likeness (QED) is 0.0749. The van der Waals surface area contributed by atoms with Gasteiger partial charge in [0.25, 0.3) is 20.2 Å². The van der Waals surface area contributed by atoms with Crippen LogP contribution in [0, 0.1) is 0 Å². The van der Waals surface area contributed by atoms with Gasteiger partial charge in [-0.25, -0.2) is 9.97 Å². The normalized spacial score (nSPS) is 20.9. The maximum Gasteiger partial charge on any atom is 0.295 e. The molecule has 0 bridgehead atoms. The number of thioether (sulfide) groups is 2. The molecule has 7 aromatic rings. The van der Waals surface area contributed by atoms with E-state index >= 15 is 0 Å². The van der Waals surface area contributed by atoms with Crippen LogP contribution in [0.5, 0.6) is 0 Å². The van der Waals surface area contributed by atoms with Crippen molar-refractivity contribution in [3.05, 3.63) is 204 Å². The van der Waals surface area contributed by atoms with E-state index in [9.17, 15) is 35.5 Å². The summed E-state index contributed by atoms with van der Waals surface area (Å²) in [6, 6.07) is 28.2. The Morgan fingerprint density at radius 2 is 1.03 bits per heavy atom. The van der Waals surface area contributed by atoms with Crippen LogP contribution in [-0.2, 0) is 30.0 Å². The van der Waals surface area contributed by atoms with E-state index in [1.807, 2.05) is 48.5 Å². The third-order valence-corrected chi connectivity index (χ3v) is 19.1. The summed E-state index contributed by atoms with van der Waals surface area (Å²) in [5.41, 5.74) is 15.3. The van der Waals surface area contributed by atoms with E-state index < -0.39 is 46.2 Å². The van der Waals surface area contributed by atoms with Gasteiger partial charge in [-0.3, -0.25) is 39.5 Å². The summed E-state index contributed by atoms with van der Waals surface area (Å²) in [6.07, 6.45) is 4.23. The molecule has 2 unspecified atom stereocenters. The van der Waals surface area contributed by atoms with Crippen LogP contribution in [0.3, 0.4) is 0 Å². The molecule has 5 aromatic carbocycles. The van der Waals surface area contributed by atoms with Crippen molar-refractivity contribution in [3.8, 4) is 0 Å². The smallest absolute Gasteiger partial charge is 0.287 e. The van der Waals surface area contributed by atoms with Crippen LogP contribution >= 0.6 is 46.2 Å². The first-order chi connectivity index (χ1) is 33.5. The molecule has 4 heterocycles. The van der Waals surface area contributed by atoms with Gasteiger partial charge in [0.1, 0.15) is 15.2 Å². The van der Waals surface area contributed by atoms with Gasteiger partial charge >= 0.3 is 0 Å². The highest BCUT2D eigenvalue weighted by atomic mass is 32.2. The fourth-order valence-electron chi connectivity index (χ4n) is 8.74. The lowest BCUT2D eigenvalue weighted by Crippen LogP contribution is -2.47. The Hall–Kier alpha value is -6.50. The lowest BCUT2D eigenvalue weighted by atomic mass is 9.97. The number of anilines is 2. The van der Waals surface area contributed by atoms with Crippen LogP contribution in [0.2, 0.25) is 0 Å². The van der Waals surface area contributed by atoms with Crippen LogP contribution in [0.15, 0.2) is 181 Å². The number of aromatic nitrogens is 2. The fourth-order valence-corrected chi connectivity index (χ4v) is 15.6. The largest absolute Gasteiger partial charge is 0.295 e. The highest BCUT2D eigenvalue weighted by molar-refractivity contribution is 8.06. The van der Waals surface area contributed by atoms with E-state index in [1.165, 1.54) is 58.3 Å². The molecular weight excluding hydrogens is 1010 g/mol. The second-order valence-electron chi connectivity index (χ2n) is 16.5. The van der Waals surface area contributed by atoms with Crippen molar-refractivity contribution >= 4 is 110 Å². The number of aliphatic imine (C=N–C) groups is 2. The highest BCUT2D eigenvalue weighted by Gasteiger charge is 2.47. The molecule has 0 amide bonds. The third kappa shape index (κ3) is 7.93. The van der Waals surface area contributed by atoms with Gasteiger partial charge in [-0.1, -0.05) is 72.1 Å². The molecule has 0 fully saturated rings. The third-order valence-electron chi connectivity index (χ3n) is 12.1. The van der Waals surface area contributed by atoms with E-state index in [0.29, 0.717) is 67.7 Å². The zero-order valence-corrected chi connectivity index (χ0v) is 41.3. The number of rotatable bonds is 10. The zero-order valence-electron chi connectivity index (χ0n) is 36.4. The van der Waals surface area contributed by atoms with Crippen LogP contribution in [0.4, 0.5) is 11.4 Å². The topological polar surface area (TPSA) is 242 Å². The van der Waals surface area contributed by atoms with Crippen molar-refractivity contribution in [2.24, 2.45) is 20.2 Å². The minimum absolute atomic E-state index is 0.0785. The number of fused-ring (bicyclic) bond motifs is 4. The molecule has 4 N–H and O–H groups in total. The van der Waals surface area contributed by atoms with E-state index in [-0.39, 0.29) is 15.2 Å². The van der Waals surface area contributed by atoms with Crippen molar-refractivity contribution in [3.63, 3.8) is 0 Å². The van der Waals surface area contributed by atoms with Crippen LogP contribution < -0.4 is 32.4 Å². The Labute approximate surface area is 414 Å². The lowest BCUT2D eigenvalue weighted by molar-refractivity contribution is 0.489. The molecule has 2 aliphatic heterocycles. The van der Waals surface area contributed by atoms with Gasteiger partial charge in [-0.15, -0.1) is 22.7 Å². The summed E-state index contributed by atoms with van der Waals surface area (Å²) in [6.45, 7) is 3.29. The van der Waals surface area contributed by atoms with Crippen LogP contribution in [0.1, 0.15) is 48.9 Å². The number of hydrogen-bond donors (Lipinski definition) is 4. The summed E-state index contributed by atoms with van der Waals surface area (Å²) >= 11 is 5.41. The van der Waals surface area contributed by atoms with E-state index in [2.05, 4.69) is 31.0 Å². The number of benzene rings is 5. The van der Waals surface area contributed by atoms with E-state index in [0.717, 1.165) is 31.6 Å². The molecule has 0 saturated carbocycles. The molecule has 22 heteroatoms. The monoisotopic (exact) mass is 1040 g/mol. The van der Waals surface area contributed by atoms with Gasteiger partial charge in [0, 0.05) is 12.8 Å². The lowest BCUT2D eigenvalue weighted by Gasteiger charge is -2.27. The molecule has 16 nitrogen and oxygen atoms in total. The summed E-state index contributed by atoms with van der Waals surface area (Å²) in [7, 11) is -9.15. The molecular formula is C48H34N8O8S6. The van der Waals surface area contributed by atoms with E-state index in [4.69, 9.17) is 9.98 Å². The summed E-state index contributed by atoms with van der Waals surface area (Å²) in [5.74, 6) is 0. The van der Waals surface area contributed by atoms with Gasteiger partial charge < -0.3 is 0 Å². The van der Waals surface area contributed by atoms with Gasteiger partial charge in [-0.05, 0) is 108 Å². The zero-order chi connectivity index (χ0) is 48.7. The molecule has 350 valence electrons. The Bertz CT molecular complexity index is 4090. The first kappa shape index (κ1) is 45.9. The van der Waals surface area contributed by atoms with Gasteiger partial charge in [0.05, 0.1) is 64.1 Å². The number of hydrogen-bond acceptors (Lipinski definition) is 18. The molecule has 0 radical (unpaired) electrons. The van der Waals surface area contributed by atoms with Crippen molar-refractivity contribution in [2.75, 3.05) is 10.9 Å². The Morgan fingerprint density at radius 3 is 1.49 bits per heavy atom. The SMILES string of the molecule is CC1=CCC2=NC(c3ccc(N/N=c4/c(=O)cc/c(=N\Nc5ccc(C6(c7ccc8ncsc8c7)N=C7CC=C(C)C(S(=O)(=O)O)=C7S6)cc5)c4=O)cc3)(c3ccc4ncsc4c3)SC2=C1S(=O)(=O)O. The predicted octanol–water partition coefficient (Wildman–Crippen LogP) is 8.03. The first-order valence-corrected chi connectivity index (χ1v) is 27.4. The Morgan fingerprint density at radius 1 is 0.586 bits per heavy atom. The molecule has 2 aliphatic carbocycles. The number of nitrogens with zero attached hydrogens (tertiary/aromatic N) is 6. The minimum Gasteiger partial charge on any atom is -0.287 e. The molecule has 70 heavy (non-hydrogen) atoms. The summed E-state index contributed by atoms with van der Waals surface area (Å²) < 4.78 is 73.0. The van der Waals surface area contributed by atoms with Crippen molar-refractivity contribution in [1.29, 1.82) is 0 Å². The predicted molar refractivity (Wildman–Crippen MR) is 277 cm³/mol. The second kappa shape index (κ2) is 17.1. The highest BCUT2D eigenvalue weighted by Crippen LogP contribution is 2.58. The number of allylic oxidation sites excluding steroid dienone is 6. The summed E-state index contributed by atoms with van der Waals surface area (Å²) in [4.78, 5) is 44.0. The second-order valence-corrected chi connectivity index (χ2v) is 23.4. The fraction of sp³-hybridized carbons (Fsp3) is 0.125. The van der Waals surface area contributed by atoms with Crippen molar-refractivity contribution < 1.29 is 25.9 Å². The number of nitrogens with one attached hydrogen (secondary N) is 2. The summed E-state index contributed by atoms with van der Waals surface area (Å²) in [5, 5.41) is 8.04. The molecule has 2 atom stereocenters. The maximum atomic E-state index is 13.7. The van der Waals surface area contributed by atoms with Gasteiger partial charge in [0.2, 0.25) is 10.9 Å². The van der Waals surface area contributed by atoms with Crippen molar-refractivity contribution in [1.82, 2.24) is 9.97 Å². The standard InChI is InChI=1S/C48H34N8O8S6/c1-25-3-15-36-43(45(25)69(59,60)61)67-47(51-36,29-9-17-33-39(21-29)65-23-49-33)27-5-11-31(12-6-27)53-55-35-19-20-38(57)41(42(35)58)56-54-32-13-7-28(8-14-32)48(30-10-18-34-40(22-30)66-24-50-34)52-37-16-4-26(2)46(44(37)68-48)70(62,63)64/h3-14,17-24,53-54H,15-16H2,1-2H3,(H,59,60,61)(H,62,63,64)/b55-35+,56-41-. The first-order valence-electron chi connectivity index (χ1n) is 21.2. The van der Waals surface area contributed by atoms with E-state index in [1.54, 1.807) is 73.4 Å². The number of thiazole rings is 2. The molecule has 0 saturated heterocycles. The minimum atomic E-state index is -4.58. The Balaban J connectivity index is 0.880. The molecule has 2 aromatic heterocycles. The van der Waals surface area contributed by atoms with Crippen LogP contribution in [0.25, 0.3) is 20.4 Å². The van der Waals surface area contributed by atoms with Gasteiger partial charge in [-0.2, -0.15) is 27.0 Å². The maximum absolute atomic E-state index is 13.7. The Kier molecular flexibility index (Phi) is 11.2. The molecule has 0 spiro atoms. The average Bonchev–Trinajstić information content (AvgIpc) is 4.16. The van der Waals surface area contributed by atoms with Crippen molar-refractivity contribution in [2.45, 2.75) is 36.4 Å².